The summed E-state index contributed by atoms with van der Waals surface area (Å²) in [7, 11) is 1.98. The van der Waals surface area contributed by atoms with Gasteiger partial charge in [0.15, 0.2) is 0 Å². The molecule has 0 aromatic rings. The summed E-state index contributed by atoms with van der Waals surface area (Å²) in [5.41, 5.74) is 0. The molecule has 1 aliphatic rings. The fourth-order valence-corrected chi connectivity index (χ4v) is 1.48. The lowest BCUT2D eigenvalue weighted by Crippen LogP contribution is -2.43. The monoisotopic (exact) mass is 186 g/mol. The first kappa shape index (κ1) is 12.4. The molecule has 0 atom stereocenters. The van der Waals surface area contributed by atoms with Crippen LogP contribution >= 0.6 is 0 Å². The number of hydrogen-bond acceptors (Lipinski definition) is 2. The molecule has 1 heterocycles. The van der Waals surface area contributed by atoms with Crippen LogP contribution in [0.1, 0.15) is 33.6 Å². The minimum atomic E-state index is 0.208. The van der Waals surface area contributed by atoms with Gasteiger partial charge in [-0.25, -0.2) is 0 Å². The number of amides is 1. The third-order valence-electron chi connectivity index (χ3n) is 2.35. The predicted octanol–water partition coefficient (Wildman–Crippen LogP) is 1.24. The fraction of sp³-hybridized carbons (Fsp3) is 0.900. The summed E-state index contributed by atoms with van der Waals surface area (Å²) in [4.78, 5) is 12.8. The Hall–Kier alpha value is -0.570. The molecular weight excluding hydrogens is 164 g/mol. The van der Waals surface area contributed by atoms with Crippen LogP contribution in [0.25, 0.3) is 0 Å². The highest BCUT2D eigenvalue weighted by Gasteiger charge is 2.18. The van der Waals surface area contributed by atoms with Crippen molar-refractivity contribution in [2.45, 2.75) is 39.7 Å². The van der Waals surface area contributed by atoms with Crippen LogP contribution in [0.2, 0.25) is 0 Å². The lowest BCUT2D eigenvalue weighted by molar-refractivity contribution is -0.129. The van der Waals surface area contributed by atoms with Crippen LogP contribution < -0.4 is 5.32 Å². The summed E-state index contributed by atoms with van der Waals surface area (Å²) in [5, 5.41) is 3.23. The number of hydrogen-bond donors (Lipinski definition) is 1. The van der Waals surface area contributed by atoms with Gasteiger partial charge in [0.25, 0.3) is 0 Å². The molecule has 0 radical (unpaired) electrons. The van der Waals surface area contributed by atoms with Gasteiger partial charge in [0.2, 0.25) is 5.91 Å². The Labute approximate surface area is 81.5 Å². The van der Waals surface area contributed by atoms with Gasteiger partial charge in [0, 0.05) is 26.1 Å². The van der Waals surface area contributed by atoms with Crippen molar-refractivity contribution in [3.8, 4) is 0 Å². The van der Waals surface area contributed by atoms with E-state index in [1.165, 1.54) is 0 Å². The van der Waals surface area contributed by atoms with Crippen molar-refractivity contribution in [2.24, 2.45) is 0 Å². The molecule has 3 heteroatoms. The molecule has 13 heavy (non-hydrogen) atoms. The van der Waals surface area contributed by atoms with E-state index in [4.69, 9.17) is 0 Å². The minimum absolute atomic E-state index is 0.208. The maximum absolute atomic E-state index is 10.9. The Kier molecular flexibility index (Phi) is 6.59. The van der Waals surface area contributed by atoms with E-state index in [1.807, 2.05) is 25.8 Å². The average molecular weight is 186 g/mol. The summed E-state index contributed by atoms with van der Waals surface area (Å²) in [6, 6.07) is 0.616. The molecule has 1 N–H and O–H groups in total. The van der Waals surface area contributed by atoms with Crippen molar-refractivity contribution in [1.82, 2.24) is 10.2 Å². The molecule has 1 saturated heterocycles. The van der Waals surface area contributed by atoms with Crippen LogP contribution in [-0.2, 0) is 4.79 Å². The molecule has 0 aromatic carbocycles. The second-order valence-corrected chi connectivity index (χ2v) is 3.07. The topological polar surface area (TPSA) is 32.3 Å². The van der Waals surface area contributed by atoms with E-state index in [1.54, 1.807) is 6.92 Å². The Balaban J connectivity index is 0.000000671. The van der Waals surface area contributed by atoms with Crippen LogP contribution in [0.5, 0.6) is 0 Å². The molecule has 78 valence electrons. The van der Waals surface area contributed by atoms with Crippen LogP contribution in [0.4, 0.5) is 0 Å². The number of carbonyl (C=O) groups is 1. The maximum Gasteiger partial charge on any atom is 0.219 e. The first-order valence-electron chi connectivity index (χ1n) is 5.17. The third kappa shape index (κ3) is 4.27. The zero-order valence-electron chi connectivity index (χ0n) is 9.26. The van der Waals surface area contributed by atoms with Crippen molar-refractivity contribution in [3.05, 3.63) is 0 Å². The molecular formula is C10H22N2O. The Morgan fingerprint density at radius 3 is 2.08 bits per heavy atom. The van der Waals surface area contributed by atoms with Gasteiger partial charge in [-0.3, -0.25) is 4.79 Å². The van der Waals surface area contributed by atoms with Crippen LogP contribution in [0, 0.1) is 0 Å². The number of carbonyl (C=O) groups excluding carboxylic acids is 1. The zero-order chi connectivity index (χ0) is 10.3. The Bertz CT molecular complexity index is 140. The van der Waals surface area contributed by atoms with Crippen LogP contribution in [-0.4, -0.2) is 37.0 Å². The molecule has 0 saturated carbocycles. The van der Waals surface area contributed by atoms with E-state index in [2.05, 4.69) is 5.32 Å². The van der Waals surface area contributed by atoms with E-state index in [9.17, 15) is 4.79 Å². The molecule has 0 aromatic heterocycles. The van der Waals surface area contributed by atoms with Gasteiger partial charge in [-0.15, -0.1) is 0 Å². The molecule has 0 bridgehead atoms. The number of likely N-dealkylation sites (tertiary alicyclic amines) is 1. The van der Waals surface area contributed by atoms with Gasteiger partial charge in [-0.1, -0.05) is 13.8 Å². The largest absolute Gasteiger partial charge is 0.343 e. The molecule has 3 nitrogen and oxygen atoms in total. The van der Waals surface area contributed by atoms with E-state index in [-0.39, 0.29) is 5.91 Å². The van der Waals surface area contributed by atoms with Crippen molar-refractivity contribution >= 4 is 5.91 Å². The number of nitrogens with one attached hydrogen (secondary N) is 1. The second-order valence-electron chi connectivity index (χ2n) is 3.07. The molecule has 1 aliphatic heterocycles. The predicted molar refractivity (Wildman–Crippen MR) is 55.7 cm³/mol. The molecule has 1 fully saturated rings. The summed E-state index contributed by atoms with van der Waals surface area (Å²) < 4.78 is 0. The summed E-state index contributed by atoms with van der Waals surface area (Å²) in [6.07, 6.45) is 2.19. The highest BCUT2D eigenvalue weighted by Crippen LogP contribution is 2.09. The zero-order valence-corrected chi connectivity index (χ0v) is 9.26. The van der Waals surface area contributed by atoms with E-state index in [0.29, 0.717) is 6.04 Å². The summed E-state index contributed by atoms with van der Waals surface area (Å²) in [6.45, 7) is 7.47. The lowest BCUT2D eigenvalue weighted by atomic mass is 10.1. The quantitative estimate of drug-likeness (QED) is 0.668. The average Bonchev–Trinajstić information content (AvgIpc) is 2.21. The van der Waals surface area contributed by atoms with E-state index >= 15 is 0 Å². The van der Waals surface area contributed by atoms with Gasteiger partial charge in [0.05, 0.1) is 0 Å². The SMILES string of the molecule is CC.CNC1CCN(C(C)=O)CC1. The van der Waals surface area contributed by atoms with Gasteiger partial charge < -0.3 is 10.2 Å². The first-order chi connectivity index (χ1) is 6.24. The summed E-state index contributed by atoms with van der Waals surface area (Å²) in [5.74, 6) is 0.208. The van der Waals surface area contributed by atoms with E-state index < -0.39 is 0 Å². The highest BCUT2D eigenvalue weighted by molar-refractivity contribution is 5.73. The molecule has 0 unspecified atom stereocenters. The van der Waals surface area contributed by atoms with Crippen molar-refractivity contribution in [2.75, 3.05) is 20.1 Å². The number of piperidine rings is 1. The van der Waals surface area contributed by atoms with Gasteiger partial charge in [-0.2, -0.15) is 0 Å². The molecule has 1 rings (SSSR count). The smallest absolute Gasteiger partial charge is 0.219 e. The van der Waals surface area contributed by atoms with Crippen molar-refractivity contribution in [3.63, 3.8) is 0 Å². The number of nitrogens with zero attached hydrogens (tertiary/aromatic N) is 1. The van der Waals surface area contributed by atoms with Gasteiger partial charge in [0.1, 0.15) is 0 Å². The minimum Gasteiger partial charge on any atom is -0.343 e. The maximum atomic E-state index is 10.9. The lowest BCUT2D eigenvalue weighted by Gasteiger charge is -2.30. The van der Waals surface area contributed by atoms with Crippen LogP contribution in [0.15, 0.2) is 0 Å². The molecule has 0 aliphatic carbocycles. The van der Waals surface area contributed by atoms with Crippen LogP contribution in [0.3, 0.4) is 0 Å². The van der Waals surface area contributed by atoms with Gasteiger partial charge in [-0.05, 0) is 19.9 Å². The number of rotatable bonds is 1. The van der Waals surface area contributed by atoms with Crippen molar-refractivity contribution < 1.29 is 4.79 Å². The van der Waals surface area contributed by atoms with E-state index in [0.717, 1.165) is 25.9 Å². The fourth-order valence-electron chi connectivity index (χ4n) is 1.48. The third-order valence-corrected chi connectivity index (χ3v) is 2.35. The highest BCUT2D eigenvalue weighted by atomic mass is 16.2. The normalized spacial score (nSPS) is 17.7. The Morgan fingerprint density at radius 1 is 1.31 bits per heavy atom. The summed E-state index contributed by atoms with van der Waals surface area (Å²) >= 11 is 0. The molecule has 1 amide bonds. The van der Waals surface area contributed by atoms with Crippen molar-refractivity contribution in [1.29, 1.82) is 0 Å². The first-order valence-corrected chi connectivity index (χ1v) is 5.17. The standard InChI is InChI=1S/C8H16N2O.C2H6/c1-7(11)10-5-3-8(9-2)4-6-10;1-2/h8-9H,3-6H2,1-2H3;1-2H3. The molecule has 0 spiro atoms. The Morgan fingerprint density at radius 2 is 1.77 bits per heavy atom. The second kappa shape index (κ2) is 6.89. The van der Waals surface area contributed by atoms with Gasteiger partial charge >= 0.3 is 0 Å².